The highest BCUT2D eigenvalue weighted by Crippen LogP contribution is 2.19. The first-order chi connectivity index (χ1) is 7.77. The van der Waals surface area contributed by atoms with Crippen LogP contribution in [0.25, 0.3) is 0 Å². The molecule has 3 heteroatoms. The first-order valence-corrected chi connectivity index (χ1v) is 6.53. The average molecular weight is 235 g/mol. The van der Waals surface area contributed by atoms with Crippen molar-refractivity contribution in [1.29, 1.82) is 0 Å². The Hall–Kier alpha value is -1.22. The van der Waals surface area contributed by atoms with Crippen LogP contribution >= 0.6 is 11.8 Å². The standard InChI is InChI=1S/C13H17NOS/c1-3-6-13(15)14-10-9-11-7-4-5-8-12(11)16-2/h3-8H,9-10H2,1-2H3,(H,14,15)/b6-3+. The van der Waals surface area contributed by atoms with Crippen molar-refractivity contribution in [1.82, 2.24) is 5.32 Å². The number of rotatable bonds is 5. The minimum Gasteiger partial charge on any atom is -0.352 e. The quantitative estimate of drug-likeness (QED) is 0.628. The summed E-state index contributed by atoms with van der Waals surface area (Å²) in [4.78, 5) is 12.5. The Morgan fingerprint density at radius 3 is 2.88 bits per heavy atom. The zero-order chi connectivity index (χ0) is 11.8. The fourth-order valence-electron chi connectivity index (χ4n) is 1.44. The van der Waals surface area contributed by atoms with Crippen LogP contribution in [0.15, 0.2) is 41.3 Å². The van der Waals surface area contributed by atoms with Gasteiger partial charge in [-0.3, -0.25) is 4.79 Å². The highest BCUT2D eigenvalue weighted by Gasteiger charge is 2.00. The van der Waals surface area contributed by atoms with Crippen LogP contribution in [0.1, 0.15) is 12.5 Å². The van der Waals surface area contributed by atoms with Crippen molar-refractivity contribution in [3.8, 4) is 0 Å². The third-order valence-electron chi connectivity index (χ3n) is 2.20. The number of benzene rings is 1. The maximum Gasteiger partial charge on any atom is 0.243 e. The summed E-state index contributed by atoms with van der Waals surface area (Å²) in [6.45, 7) is 2.52. The van der Waals surface area contributed by atoms with Gasteiger partial charge in [0.2, 0.25) is 5.91 Å². The predicted octanol–water partition coefficient (Wildman–Crippen LogP) is 2.64. The number of thioether (sulfide) groups is 1. The molecule has 0 bridgehead atoms. The van der Waals surface area contributed by atoms with Crippen molar-refractivity contribution in [2.24, 2.45) is 0 Å². The molecule has 1 N–H and O–H groups in total. The number of nitrogens with one attached hydrogen (secondary N) is 1. The molecule has 1 amide bonds. The van der Waals surface area contributed by atoms with Gasteiger partial charge in [0.15, 0.2) is 0 Å². The van der Waals surface area contributed by atoms with Gasteiger partial charge >= 0.3 is 0 Å². The lowest BCUT2D eigenvalue weighted by Gasteiger charge is -2.07. The van der Waals surface area contributed by atoms with Crippen molar-refractivity contribution in [3.63, 3.8) is 0 Å². The maximum atomic E-state index is 11.2. The van der Waals surface area contributed by atoms with Crippen molar-refractivity contribution >= 4 is 17.7 Å². The van der Waals surface area contributed by atoms with Crippen LogP contribution in [0.4, 0.5) is 0 Å². The van der Waals surface area contributed by atoms with Crippen LogP contribution in [0.2, 0.25) is 0 Å². The summed E-state index contributed by atoms with van der Waals surface area (Å²) in [5.41, 5.74) is 1.29. The average Bonchev–Trinajstić information content (AvgIpc) is 2.30. The van der Waals surface area contributed by atoms with E-state index in [1.807, 2.05) is 19.1 Å². The van der Waals surface area contributed by atoms with E-state index in [0.717, 1.165) is 6.42 Å². The third-order valence-corrected chi connectivity index (χ3v) is 3.04. The van der Waals surface area contributed by atoms with E-state index in [-0.39, 0.29) is 5.91 Å². The molecule has 0 saturated carbocycles. The van der Waals surface area contributed by atoms with E-state index in [2.05, 4.69) is 23.7 Å². The Labute approximate surface area is 101 Å². The molecule has 0 saturated heterocycles. The Morgan fingerprint density at radius 2 is 2.19 bits per heavy atom. The van der Waals surface area contributed by atoms with Crippen LogP contribution < -0.4 is 5.32 Å². The smallest absolute Gasteiger partial charge is 0.243 e. The lowest BCUT2D eigenvalue weighted by molar-refractivity contribution is -0.116. The second kappa shape index (κ2) is 7.12. The second-order valence-electron chi connectivity index (χ2n) is 3.35. The highest BCUT2D eigenvalue weighted by molar-refractivity contribution is 7.98. The lowest BCUT2D eigenvalue weighted by atomic mass is 10.1. The van der Waals surface area contributed by atoms with Gasteiger partial charge in [-0.15, -0.1) is 11.8 Å². The van der Waals surface area contributed by atoms with Crippen LogP contribution in [0.5, 0.6) is 0 Å². The molecule has 1 aromatic carbocycles. The summed E-state index contributed by atoms with van der Waals surface area (Å²) in [6.07, 6.45) is 6.23. The highest BCUT2D eigenvalue weighted by atomic mass is 32.2. The van der Waals surface area contributed by atoms with Crippen LogP contribution in [0.3, 0.4) is 0 Å². The zero-order valence-corrected chi connectivity index (χ0v) is 10.5. The first-order valence-electron chi connectivity index (χ1n) is 5.30. The minimum atomic E-state index is -0.0240. The number of carbonyl (C=O) groups excluding carboxylic acids is 1. The molecule has 0 heterocycles. The molecule has 0 radical (unpaired) electrons. The van der Waals surface area contributed by atoms with Gasteiger partial charge in [-0.2, -0.15) is 0 Å². The van der Waals surface area contributed by atoms with Gasteiger partial charge in [0, 0.05) is 11.4 Å². The van der Waals surface area contributed by atoms with Gasteiger partial charge in [-0.1, -0.05) is 24.3 Å². The molecule has 0 atom stereocenters. The molecule has 0 unspecified atom stereocenters. The van der Waals surface area contributed by atoms with E-state index >= 15 is 0 Å². The Morgan fingerprint density at radius 1 is 1.44 bits per heavy atom. The van der Waals surface area contributed by atoms with E-state index in [1.165, 1.54) is 10.5 Å². The van der Waals surface area contributed by atoms with Crippen LogP contribution in [-0.4, -0.2) is 18.7 Å². The van der Waals surface area contributed by atoms with Gasteiger partial charge in [0.1, 0.15) is 0 Å². The van der Waals surface area contributed by atoms with Crippen LogP contribution in [0, 0.1) is 0 Å². The van der Waals surface area contributed by atoms with Gasteiger partial charge in [0.05, 0.1) is 0 Å². The molecular weight excluding hydrogens is 218 g/mol. The zero-order valence-electron chi connectivity index (χ0n) is 9.69. The molecule has 86 valence electrons. The molecule has 0 aliphatic heterocycles. The Kier molecular flexibility index (Phi) is 5.72. The number of allylic oxidation sites excluding steroid dienone is 1. The molecule has 16 heavy (non-hydrogen) atoms. The van der Waals surface area contributed by atoms with Gasteiger partial charge in [-0.25, -0.2) is 0 Å². The summed E-state index contributed by atoms with van der Waals surface area (Å²) in [5, 5.41) is 2.85. The normalized spacial score (nSPS) is 10.6. The van der Waals surface area contributed by atoms with E-state index in [9.17, 15) is 4.79 Å². The summed E-state index contributed by atoms with van der Waals surface area (Å²) in [7, 11) is 0. The monoisotopic (exact) mass is 235 g/mol. The molecular formula is C13H17NOS. The fourth-order valence-corrected chi connectivity index (χ4v) is 2.09. The first kappa shape index (κ1) is 12.8. The third kappa shape index (κ3) is 4.11. The van der Waals surface area contributed by atoms with Gasteiger partial charge in [-0.05, 0) is 37.3 Å². The summed E-state index contributed by atoms with van der Waals surface area (Å²) in [5.74, 6) is -0.0240. The molecule has 0 aromatic heterocycles. The molecule has 0 spiro atoms. The molecule has 1 rings (SSSR count). The number of carbonyl (C=O) groups is 1. The minimum absolute atomic E-state index is 0.0240. The van der Waals surface area contributed by atoms with E-state index in [1.54, 1.807) is 23.9 Å². The molecule has 0 fully saturated rings. The number of hydrogen-bond donors (Lipinski definition) is 1. The van der Waals surface area contributed by atoms with Crippen molar-refractivity contribution in [2.75, 3.05) is 12.8 Å². The molecule has 2 nitrogen and oxygen atoms in total. The topological polar surface area (TPSA) is 29.1 Å². The number of hydrogen-bond acceptors (Lipinski definition) is 2. The summed E-state index contributed by atoms with van der Waals surface area (Å²) < 4.78 is 0. The molecule has 0 aliphatic carbocycles. The SMILES string of the molecule is C/C=C/C(=O)NCCc1ccccc1SC. The van der Waals surface area contributed by atoms with Gasteiger partial charge in [0.25, 0.3) is 0 Å². The van der Waals surface area contributed by atoms with Crippen LogP contribution in [-0.2, 0) is 11.2 Å². The Balaban J connectivity index is 2.45. The van der Waals surface area contributed by atoms with Crippen molar-refractivity contribution in [2.45, 2.75) is 18.2 Å². The summed E-state index contributed by atoms with van der Waals surface area (Å²) >= 11 is 1.74. The Bertz CT molecular complexity index is 374. The predicted molar refractivity (Wildman–Crippen MR) is 69.8 cm³/mol. The van der Waals surface area contributed by atoms with E-state index in [4.69, 9.17) is 0 Å². The van der Waals surface area contributed by atoms with E-state index in [0.29, 0.717) is 6.54 Å². The maximum absolute atomic E-state index is 11.2. The fraction of sp³-hybridized carbons (Fsp3) is 0.308. The molecule has 0 aliphatic rings. The number of amides is 1. The van der Waals surface area contributed by atoms with E-state index < -0.39 is 0 Å². The largest absolute Gasteiger partial charge is 0.352 e. The molecule has 1 aromatic rings. The second-order valence-corrected chi connectivity index (χ2v) is 4.20. The van der Waals surface area contributed by atoms with Crippen molar-refractivity contribution in [3.05, 3.63) is 42.0 Å². The summed E-state index contributed by atoms with van der Waals surface area (Å²) in [6, 6.07) is 8.28. The van der Waals surface area contributed by atoms with Gasteiger partial charge < -0.3 is 5.32 Å². The lowest BCUT2D eigenvalue weighted by Crippen LogP contribution is -2.23. The van der Waals surface area contributed by atoms with Crippen molar-refractivity contribution < 1.29 is 4.79 Å².